The van der Waals surface area contributed by atoms with Crippen molar-refractivity contribution in [2.24, 2.45) is 0 Å². The van der Waals surface area contributed by atoms with Crippen molar-refractivity contribution in [3.8, 4) is 0 Å². The van der Waals surface area contributed by atoms with Gasteiger partial charge in [0.2, 0.25) is 5.82 Å². The first kappa shape index (κ1) is 41.7. The molecule has 1 aromatic heterocycles. The van der Waals surface area contributed by atoms with Crippen LogP contribution in [0, 0.1) is 5.82 Å². The Kier molecular flexibility index (Phi) is 18.0. The number of aromatic nitrogens is 2. The monoisotopic (exact) mass is 732 g/mol. The molecule has 1 aliphatic rings. The van der Waals surface area contributed by atoms with Crippen molar-refractivity contribution in [2.75, 3.05) is 18.1 Å². The first-order valence-electron chi connectivity index (χ1n) is 15.7. The van der Waals surface area contributed by atoms with Crippen LogP contribution in [0.5, 0.6) is 0 Å². The van der Waals surface area contributed by atoms with E-state index in [0.29, 0.717) is 22.9 Å². The summed E-state index contributed by atoms with van der Waals surface area (Å²) >= 11 is 1.39. The van der Waals surface area contributed by atoms with Gasteiger partial charge in [0.05, 0.1) is 18.9 Å². The van der Waals surface area contributed by atoms with Crippen molar-refractivity contribution >= 4 is 19.6 Å². The van der Waals surface area contributed by atoms with E-state index in [9.17, 15) is 54.9 Å². The number of aliphatic hydroxyl groups is 1. The zero-order chi connectivity index (χ0) is 35.1. The number of hydrogen-bond acceptors (Lipinski definition) is 8. The smallest absolute Gasteiger partial charge is 0.390 e. The number of H-pyrrole nitrogens is 1. The number of phosphoric acid groups is 1. The second kappa shape index (κ2) is 20.3. The number of hydrogen-bond donors (Lipinski definition) is 3. The molecule has 0 amide bonds. The van der Waals surface area contributed by atoms with Crippen LogP contribution < -0.4 is 11.2 Å². The lowest BCUT2D eigenvalue weighted by Crippen LogP contribution is -2.46. The van der Waals surface area contributed by atoms with Gasteiger partial charge < -0.3 is 14.7 Å². The molecule has 2 rings (SSSR count). The molecule has 1 saturated heterocycles. The van der Waals surface area contributed by atoms with Crippen molar-refractivity contribution in [1.29, 1.82) is 0 Å². The van der Waals surface area contributed by atoms with Gasteiger partial charge in [-0.3, -0.25) is 23.4 Å². The summed E-state index contributed by atoms with van der Waals surface area (Å²) in [6.07, 6.45) is -7.22. The third kappa shape index (κ3) is 16.7. The van der Waals surface area contributed by atoms with E-state index in [-0.39, 0.29) is 18.8 Å². The minimum absolute atomic E-state index is 0.201. The molecule has 1 aromatic rings. The summed E-state index contributed by atoms with van der Waals surface area (Å²) in [5.41, 5.74) is -2.56. The van der Waals surface area contributed by atoms with Crippen LogP contribution in [0.3, 0.4) is 0 Å². The topological polar surface area (TPSA) is 140 Å². The molecule has 2 heterocycles. The number of aliphatic hydroxyl groups excluding tert-OH is 1. The number of nitrogens with one attached hydrogen (secondary N) is 1. The lowest BCUT2D eigenvalue weighted by molar-refractivity contribution is -0.240. The fraction of sp³-hybridized carbons (Fsp3) is 0.857. The standard InChI is InChI=1S/C28H44F7N2O8PS/c29-20-19-37(26(40)36-25(20)39)22-18-21(38)23(44-22)24(28(33,34)35)45-46(41,42)43-15-17-47-16-13-11-9-7-5-3-1-2-4-6-8-10-12-14-27(30,31)32/h19,21-24,38H,1-18H2,(H,41,42)(H,36,39,40)/t21-,22+,23-,24-/m0/s1. The molecule has 10 nitrogen and oxygen atoms in total. The minimum atomic E-state index is -5.30. The van der Waals surface area contributed by atoms with Crippen LogP contribution in [0.15, 0.2) is 15.8 Å². The van der Waals surface area contributed by atoms with Crippen LogP contribution >= 0.6 is 19.6 Å². The number of aromatic amines is 1. The SMILES string of the molecule is O=c1[nH]c(=O)n([C@H]2C[C@H](O)[C@@H]([C@H](OP(=O)(O)OCCSCCCCCCCCCCCCCCCC(F)(F)F)C(F)(F)F)O2)cc1F. The molecule has 274 valence electrons. The van der Waals surface area contributed by atoms with Crippen molar-refractivity contribution < 1.29 is 59.1 Å². The van der Waals surface area contributed by atoms with Gasteiger partial charge in [-0.15, -0.1) is 0 Å². The first-order valence-corrected chi connectivity index (χ1v) is 18.4. The summed E-state index contributed by atoms with van der Waals surface area (Å²) in [5.74, 6) is -0.501. The molecule has 19 heteroatoms. The van der Waals surface area contributed by atoms with Gasteiger partial charge in [0.25, 0.3) is 5.56 Å². The Bertz CT molecular complexity index is 1220. The molecule has 0 aliphatic carbocycles. The van der Waals surface area contributed by atoms with E-state index in [1.54, 1.807) is 4.98 Å². The highest BCUT2D eigenvalue weighted by molar-refractivity contribution is 7.99. The number of alkyl halides is 6. The van der Waals surface area contributed by atoms with Crippen LogP contribution in [0.25, 0.3) is 0 Å². The number of unbranched alkanes of at least 4 members (excludes halogenated alkanes) is 12. The van der Waals surface area contributed by atoms with E-state index in [1.807, 2.05) is 0 Å². The van der Waals surface area contributed by atoms with E-state index in [0.717, 1.165) is 70.6 Å². The Morgan fingerprint density at radius 2 is 1.47 bits per heavy atom. The molecular weight excluding hydrogens is 688 g/mol. The zero-order valence-corrected chi connectivity index (χ0v) is 27.6. The molecule has 0 aromatic carbocycles. The third-order valence-corrected chi connectivity index (χ3v) is 9.51. The Morgan fingerprint density at radius 1 is 0.936 bits per heavy atom. The molecular formula is C28H44F7N2O8PS. The van der Waals surface area contributed by atoms with Crippen LogP contribution in [0.2, 0.25) is 0 Å². The summed E-state index contributed by atoms with van der Waals surface area (Å²) in [6, 6.07) is 0. The van der Waals surface area contributed by atoms with Gasteiger partial charge in [-0.05, 0) is 18.6 Å². The first-order chi connectivity index (χ1) is 22.0. The lowest BCUT2D eigenvalue weighted by Gasteiger charge is -2.28. The van der Waals surface area contributed by atoms with Gasteiger partial charge in [0, 0.05) is 18.6 Å². The maximum atomic E-state index is 13.8. The Balaban J connectivity index is 1.57. The van der Waals surface area contributed by atoms with Gasteiger partial charge in [-0.1, -0.05) is 70.6 Å². The number of thioether (sulfide) groups is 1. The third-order valence-electron chi connectivity index (χ3n) is 7.47. The van der Waals surface area contributed by atoms with Gasteiger partial charge in [0.15, 0.2) is 6.10 Å². The zero-order valence-electron chi connectivity index (χ0n) is 25.9. The molecule has 1 fully saturated rings. The molecule has 0 bridgehead atoms. The van der Waals surface area contributed by atoms with Crippen LogP contribution in [0.4, 0.5) is 30.7 Å². The van der Waals surface area contributed by atoms with Gasteiger partial charge >= 0.3 is 25.9 Å². The minimum Gasteiger partial charge on any atom is -0.390 e. The molecule has 5 atom stereocenters. The summed E-state index contributed by atoms with van der Waals surface area (Å²) in [5, 5.41) is 10.2. The van der Waals surface area contributed by atoms with Crippen molar-refractivity contribution in [2.45, 2.75) is 133 Å². The van der Waals surface area contributed by atoms with Gasteiger partial charge in [-0.2, -0.15) is 42.5 Å². The summed E-state index contributed by atoms with van der Waals surface area (Å²) in [6.45, 7) is -0.390. The van der Waals surface area contributed by atoms with E-state index in [2.05, 4.69) is 4.52 Å². The Labute approximate surface area is 272 Å². The molecule has 0 radical (unpaired) electrons. The van der Waals surface area contributed by atoms with Gasteiger partial charge in [0.1, 0.15) is 12.3 Å². The quantitative estimate of drug-likeness (QED) is 0.0608. The van der Waals surface area contributed by atoms with Gasteiger partial charge in [-0.25, -0.2) is 9.36 Å². The lowest BCUT2D eigenvalue weighted by atomic mass is 10.0. The highest BCUT2D eigenvalue weighted by atomic mass is 32.2. The predicted octanol–water partition coefficient (Wildman–Crippen LogP) is 7.15. The normalized spacial score (nSPS) is 20.8. The number of nitrogens with zero attached hydrogens (tertiary/aromatic N) is 1. The van der Waals surface area contributed by atoms with Crippen molar-refractivity contribution in [3.05, 3.63) is 32.9 Å². The Hall–Kier alpha value is -1.43. The molecule has 3 N–H and O–H groups in total. The highest BCUT2D eigenvalue weighted by Gasteiger charge is 2.55. The average Bonchev–Trinajstić information content (AvgIpc) is 3.34. The predicted molar refractivity (Wildman–Crippen MR) is 161 cm³/mol. The van der Waals surface area contributed by atoms with Crippen LogP contribution in [-0.4, -0.2) is 68.3 Å². The van der Waals surface area contributed by atoms with Crippen LogP contribution in [0.1, 0.15) is 103 Å². The van der Waals surface area contributed by atoms with E-state index >= 15 is 0 Å². The maximum Gasteiger partial charge on any atom is 0.472 e. The molecule has 1 aliphatic heterocycles. The summed E-state index contributed by atoms with van der Waals surface area (Å²) < 4.78 is 118. The molecule has 0 saturated carbocycles. The maximum absolute atomic E-state index is 13.8. The van der Waals surface area contributed by atoms with Crippen molar-refractivity contribution in [3.63, 3.8) is 0 Å². The fourth-order valence-electron chi connectivity index (χ4n) is 5.06. The van der Waals surface area contributed by atoms with E-state index in [1.165, 1.54) is 11.8 Å². The summed E-state index contributed by atoms with van der Waals surface area (Å²) in [4.78, 5) is 34.7. The average molecular weight is 733 g/mol. The molecule has 0 spiro atoms. The molecule has 1 unspecified atom stereocenters. The second-order valence-corrected chi connectivity index (χ2v) is 14.1. The number of phosphoric ester groups is 1. The number of ether oxygens (including phenoxy) is 1. The fourth-order valence-corrected chi connectivity index (χ4v) is 6.91. The Morgan fingerprint density at radius 3 is 2.00 bits per heavy atom. The van der Waals surface area contributed by atoms with E-state index in [4.69, 9.17) is 9.26 Å². The van der Waals surface area contributed by atoms with Crippen LogP contribution in [-0.2, 0) is 18.3 Å². The van der Waals surface area contributed by atoms with E-state index < -0.39 is 74.6 Å². The highest BCUT2D eigenvalue weighted by Crippen LogP contribution is 2.50. The number of halogens is 7. The largest absolute Gasteiger partial charge is 0.472 e. The second-order valence-electron chi connectivity index (χ2n) is 11.4. The number of rotatable bonds is 23. The summed E-state index contributed by atoms with van der Waals surface area (Å²) in [7, 11) is -5.27. The molecule has 47 heavy (non-hydrogen) atoms. The van der Waals surface area contributed by atoms with Crippen molar-refractivity contribution in [1.82, 2.24) is 9.55 Å².